The van der Waals surface area contributed by atoms with Crippen molar-refractivity contribution in [2.45, 2.75) is 12.8 Å². The van der Waals surface area contributed by atoms with Gasteiger partial charge in [-0.3, -0.25) is 9.78 Å². The maximum atomic E-state index is 12.9. The molecule has 0 aliphatic carbocycles. The van der Waals surface area contributed by atoms with Gasteiger partial charge >= 0.3 is 0 Å². The third-order valence-electron chi connectivity index (χ3n) is 3.32. The molecule has 7 heteroatoms. The van der Waals surface area contributed by atoms with Crippen LogP contribution in [0.4, 0.5) is 4.39 Å². The van der Waals surface area contributed by atoms with Crippen LogP contribution in [0.1, 0.15) is 22.8 Å². The normalized spacial score (nSPS) is 10.5. The zero-order valence-corrected chi connectivity index (χ0v) is 12.8. The molecule has 6 nitrogen and oxygen atoms in total. The number of nitrogens with one attached hydrogen (secondary N) is 1. The van der Waals surface area contributed by atoms with Crippen LogP contribution in [0.15, 0.2) is 53.2 Å². The Morgan fingerprint density at radius 1 is 1.17 bits per heavy atom. The molecule has 0 radical (unpaired) electrons. The Balaban J connectivity index is 1.47. The van der Waals surface area contributed by atoms with Crippen LogP contribution in [0.5, 0.6) is 0 Å². The lowest BCUT2D eigenvalue weighted by molar-refractivity contribution is 0.0948. The molecule has 1 N–H and O–H groups in total. The molecule has 0 fully saturated rings. The van der Waals surface area contributed by atoms with Crippen LogP contribution in [0.3, 0.4) is 0 Å². The van der Waals surface area contributed by atoms with Crippen molar-refractivity contribution in [3.63, 3.8) is 0 Å². The summed E-state index contributed by atoms with van der Waals surface area (Å²) < 4.78 is 18.1. The molecule has 24 heavy (non-hydrogen) atoms. The molecule has 0 aliphatic rings. The van der Waals surface area contributed by atoms with Crippen molar-refractivity contribution in [3.8, 4) is 11.4 Å². The molecule has 1 aromatic carbocycles. The van der Waals surface area contributed by atoms with Gasteiger partial charge in [-0.05, 0) is 42.8 Å². The first-order valence-corrected chi connectivity index (χ1v) is 7.50. The van der Waals surface area contributed by atoms with Crippen LogP contribution in [0, 0.1) is 5.82 Å². The summed E-state index contributed by atoms with van der Waals surface area (Å²) in [6.45, 7) is 0.476. The van der Waals surface area contributed by atoms with Crippen molar-refractivity contribution >= 4 is 5.91 Å². The van der Waals surface area contributed by atoms with E-state index in [9.17, 15) is 9.18 Å². The highest BCUT2D eigenvalue weighted by molar-refractivity contribution is 5.92. The standard InChI is InChI=1S/C17H15FN4O2/c18-13-8-6-12(7-9-13)16-21-15(24-22-16)5-3-11-20-17(23)14-4-1-2-10-19-14/h1-2,4,6-10H,3,5,11H2,(H,20,23). The van der Waals surface area contributed by atoms with E-state index < -0.39 is 0 Å². The van der Waals surface area contributed by atoms with Gasteiger partial charge in [-0.25, -0.2) is 4.39 Å². The van der Waals surface area contributed by atoms with Gasteiger partial charge in [0.2, 0.25) is 11.7 Å². The Morgan fingerprint density at radius 2 is 2.00 bits per heavy atom. The second-order valence-corrected chi connectivity index (χ2v) is 5.09. The van der Waals surface area contributed by atoms with E-state index >= 15 is 0 Å². The molecule has 2 aromatic heterocycles. The molecule has 3 rings (SSSR count). The highest BCUT2D eigenvalue weighted by atomic mass is 19.1. The SMILES string of the molecule is O=C(NCCCc1nc(-c2ccc(F)cc2)no1)c1ccccn1. The summed E-state index contributed by atoms with van der Waals surface area (Å²) in [4.78, 5) is 20.1. The Kier molecular flexibility index (Phi) is 4.90. The Labute approximate surface area is 137 Å². The molecule has 122 valence electrons. The number of hydrogen-bond acceptors (Lipinski definition) is 5. The van der Waals surface area contributed by atoms with Gasteiger partial charge in [0.25, 0.3) is 5.91 Å². The van der Waals surface area contributed by atoms with Crippen LogP contribution in [0.2, 0.25) is 0 Å². The van der Waals surface area contributed by atoms with Crippen molar-refractivity contribution in [1.29, 1.82) is 0 Å². The average molecular weight is 326 g/mol. The monoisotopic (exact) mass is 326 g/mol. The quantitative estimate of drug-likeness (QED) is 0.704. The maximum absolute atomic E-state index is 12.9. The van der Waals surface area contributed by atoms with Gasteiger partial charge in [-0.2, -0.15) is 4.98 Å². The van der Waals surface area contributed by atoms with E-state index in [0.717, 1.165) is 0 Å². The van der Waals surface area contributed by atoms with Gasteiger partial charge in [0.15, 0.2) is 0 Å². The number of aromatic nitrogens is 3. The van der Waals surface area contributed by atoms with Crippen molar-refractivity contribution < 1.29 is 13.7 Å². The van der Waals surface area contributed by atoms with Crippen LogP contribution < -0.4 is 5.32 Å². The fourth-order valence-electron chi connectivity index (χ4n) is 2.10. The molecular weight excluding hydrogens is 311 g/mol. The predicted molar refractivity (Wildman–Crippen MR) is 84.6 cm³/mol. The summed E-state index contributed by atoms with van der Waals surface area (Å²) in [5.74, 6) is 0.364. The van der Waals surface area contributed by atoms with E-state index in [-0.39, 0.29) is 11.7 Å². The van der Waals surface area contributed by atoms with Crippen LogP contribution in [0.25, 0.3) is 11.4 Å². The van der Waals surface area contributed by atoms with E-state index in [2.05, 4.69) is 20.4 Å². The maximum Gasteiger partial charge on any atom is 0.269 e. The van der Waals surface area contributed by atoms with Gasteiger partial charge < -0.3 is 9.84 Å². The zero-order chi connectivity index (χ0) is 16.8. The van der Waals surface area contributed by atoms with Crippen molar-refractivity contribution in [3.05, 3.63) is 66.1 Å². The van der Waals surface area contributed by atoms with Crippen LogP contribution in [-0.2, 0) is 6.42 Å². The minimum Gasteiger partial charge on any atom is -0.351 e. The summed E-state index contributed by atoms with van der Waals surface area (Å²) in [6, 6.07) is 11.1. The third-order valence-corrected chi connectivity index (χ3v) is 3.32. The molecule has 1 amide bonds. The van der Waals surface area contributed by atoms with Crippen molar-refractivity contribution in [2.24, 2.45) is 0 Å². The first-order valence-electron chi connectivity index (χ1n) is 7.50. The Hall–Kier alpha value is -3.09. The fourth-order valence-corrected chi connectivity index (χ4v) is 2.10. The number of carbonyl (C=O) groups excluding carboxylic acids is 1. The largest absolute Gasteiger partial charge is 0.351 e. The van der Waals surface area contributed by atoms with E-state index in [4.69, 9.17) is 4.52 Å². The second kappa shape index (κ2) is 7.45. The van der Waals surface area contributed by atoms with E-state index in [1.807, 2.05) is 0 Å². The molecule has 3 aromatic rings. The number of pyridine rings is 1. The Bertz CT molecular complexity index is 803. The number of halogens is 1. The number of amides is 1. The lowest BCUT2D eigenvalue weighted by atomic mass is 10.2. The molecule has 0 bridgehead atoms. The van der Waals surface area contributed by atoms with Gasteiger partial charge in [-0.15, -0.1) is 0 Å². The summed E-state index contributed by atoms with van der Waals surface area (Å²) in [6.07, 6.45) is 2.77. The van der Waals surface area contributed by atoms with Gasteiger partial charge in [0.1, 0.15) is 11.5 Å². The molecule has 0 unspecified atom stereocenters. The topological polar surface area (TPSA) is 80.9 Å². The molecule has 2 heterocycles. The number of aryl methyl sites for hydroxylation is 1. The van der Waals surface area contributed by atoms with Gasteiger partial charge in [-0.1, -0.05) is 11.2 Å². The highest BCUT2D eigenvalue weighted by Crippen LogP contribution is 2.16. The molecule has 0 saturated heterocycles. The molecule has 0 atom stereocenters. The fraction of sp³-hybridized carbons (Fsp3) is 0.176. The number of hydrogen-bond donors (Lipinski definition) is 1. The molecule has 0 saturated carbocycles. The van der Waals surface area contributed by atoms with Gasteiger partial charge in [0.05, 0.1) is 0 Å². The number of rotatable bonds is 6. The number of nitrogens with zero attached hydrogens (tertiary/aromatic N) is 3. The third kappa shape index (κ3) is 4.01. The lowest BCUT2D eigenvalue weighted by Crippen LogP contribution is -2.25. The Morgan fingerprint density at radius 3 is 2.75 bits per heavy atom. The summed E-state index contributed by atoms with van der Waals surface area (Å²) in [5.41, 5.74) is 1.07. The number of carbonyl (C=O) groups is 1. The summed E-state index contributed by atoms with van der Waals surface area (Å²) >= 11 is 0. The number of benzene rings is 1. The lowest BCUT2D eigenvalue weighted by Gasteiger charge is -2.02. The summed E-state index contributed by atoms with van der Waals surface area (Å²) in [7, 11) is 0. The average Bonchev–Trinajstić information content (AvgIpc) is 3.09. The molecule has 0 aliphatic heterocycles. The first-order chi connectivity index (χ1) is 11.7. The highest BCUT2D eigenvalue weighted by Gasteiger charge is 2.09. The smallest absolute Gasteiger partial charge is 0.269 e. The minimum absolute atomic E-state index is 0.215. The summed E-state index contributed by atoms with van der Waals surface area (Å²) in [5, 5.41) is 6.65. The van der Waals surface area contributed by atoms with Crippen molar-refractivity contribution in [2.75, 3.05) is 6.54 Å². The zero-order valence-electron chi connectivity index (χ0n) is 12.8. The molecule has 0 spiro atoms. The van der Waals surface area contributed by atoms with Crippen LogP contribution in [-0.4, -0.2) is 27.6 Å². The minimum atomic E-state index is -0.314. The first kappa shape index (κ1) is 15.8. The molecular formula is C17H15FN4O2. The van der Waals surface area contributed by atoms with E-state index in [1.54, 1.807) is 36.5 Å². The van der Waals surface area contributed by atoms with Crippen molar-refractivity contribution in [1.82, 2.24) is 20.4 Å². The van der Waals surface area contributed by atoms with E-state index in [1.165, 1.54) is 12.1 Å². The predicted octanol–water partition coefficient (Wildman–Crippen LogP) is 2.63. The van der Waals surface area contributed by atoms with Crippen LogP contribution >= 0.6 is 0 Å². The van der Waals surface area contributed by atoms with Gasteiger partial charge in [0, 0.05) is 24.7 Å². The second-order valence-electron chi connectivity index (χ2n) is 5.09. The van der Waals surface area contributed by atoms with E-state index in [0.29, 0.717) is 42.4 Å².